The summed E-state index contributed by atoms with van der Waals surface area (Å²) >= 11 is 0. The molecule has 0 aromatic rings. The van der Waals surface area contributed by atoms with Crippen LogP contribution in [0.15, 0.2) is 0 Å². The first-order valence-corrected chi connectivity index (χ1v) is 6.13. The van der Waals surface area contributed by atoms with Crippen LogP contribution in [0.1, 0.15) is 19.3 Å². The summed E-state index contributed by atoms with van der Waals surface area (Å²) in [5.41, 5.74) is -0.624. The van der Waals surface area contributed by atoms with E-state index in [-0.39, 0.29) is 18.3 Å². The molecule has 0 radical (unpaired) electrons. The third-order valence-corrected chi connectivity index (χ3v) is 3.62. The van der Waals surface area contributed by atoms with Crippen molar-refractivity contribution in [3.8, 4) is 0 Å². The lowest BCUT2D eigenvalue weighted by Crippen LogP contribution is -2.54. The maximum Gasteiger partial charge on any atom is 0.410 e. The van der Waals surface area contributed by atoms with Gasteiger partial charge in [-0.05, 0) is 12.8 Å². The van der Waals surface area contributed by atoms with E-state index in [1.54, 1.807) is 19.1 Å². The number of hydrogen-bond acceptors (Lipinski definition) is 5. The molecule has 1 amide bonds. The second kappa shape index (κ2) is 5.24. The fraction of sp³-hybridized carbons (Fsp3) is 0.833. The molecule has 2 aliphatic rings. The van der Waals surface area contributed by atoms with Gasteiger partial charge in [-0.25, -0.2) is 4.79 Å². The van der Waals surface area contributed by atoms with Gasteiger partial charge in [0.05, 0.1) is 19.3 Å². The van der Waals surface area contributed by atoms with Crippen molar-refractivity contribution in [1.82, 2.24) is 4.90 Å². The number of aldehydes is 1. The molecule has 0 saturated carbocycles. The quantitative estimate of drug-likeness (QED) is 0.690. The average molecular weight is 257 g/mol. The first-order chi connectivity index (χ1) is 8.61. The molecule has 1 spiro atoms. The Morgan fingerprint density at radius 1 is 1.61 bits per heavy atom. The molecule has 18 heavy (non-hydrogen) atoms. The molecule has 3 atom stereocenters. The van der Waals surface area contributed by atoms with E-state index >= 15 is 0 Å². The molecule has 2 heterocycles. The highest BCUT2D eigenvalue weighted by Crippen LogP contribution is 2.37. The number of carbonyl (C=O) groups is 2. The second-order valence-electron chi connectivity index (χ2n) is 4.93. The number of hydrogen-bond donors (Lipinski definition) is 0. The summed E-state index contributed by atoms with van der Waals surface area (Å²) in [4.78, 5) is 23.7. The molecule has 6 heteroatoms. The predicted octanol–water partition coefficient (Wildman–Crippen LogP) is 0.590. The van der Waals surface area contributed by atoms with Crippen LogP contribution in [-0.2, 0) is 19.0 Å². The highest BCUT2D eigenvalue weighted by Gasteiger charge is 2.53. The van der Waals surface area contributed by atoms with Crippen molar-refractivity contribution in [2.75, 3.05) is 27.3 Å². The first kappa shape index (κ1) is 13.3. The molecule has 2 saturated heterocycles. The van der Waals surface area contributed by atoms with E-state index in [2.05, 4.69) is 0 Å². The van der Waals surface area contributed by atoms with Gasteiger partial charge in [0.25, 0.3) is 0 Å². The Labute approximate surface area is 106 Å². The molecule has 0 bridgehead atoms. The van der Waals surface area contributed by atoms with Crippen LogP contribution in [0.3, 0.4) is 0 Å². The number of amides is 1. The van der Waals surface area contributed by atoms with Crippen molar-refractivity contribution in [2.24, 2.45) is 0 Å². The van der Waals surface area contributed by atoms with E-state index in [1.807, 2.05) is 0 Å². The Kier molecular flexibility index (Phi) is 3.87. The van der Waals surface area contributed by atoms with Crippen LogP contribution in [0, 0.1) is 0 Å². The highest BCUT2D eigenvalue weighted by atomic mass is 16.6. The standard InChI is InChI=1S/C12H19NO5/c1-13-8-12(18-11(13)15)5-3-9(4-6-14)17-10(12)7-16-2/h6,9-10H,3-5,7-8H2,1-2H3/t9-,10+,12+/m0/s1. The van der Waals surface area contributed by atoms with Crippen LogP contribution < -0.4 is 0 Å². The number of ether oxygens (including phenoxy) is 3. The van der Waals surface area contributed by atoms with E-state index in [0.29, 0.717) is 26.0 Å². The fourth-order valence-electron chi connectivity index (χ4n) is 2.66. The van der Waals surface area contributed by atoms with E-state index < -0.39 is 5.60 Å². The second-order valence-corrected chi connectivity index (χ2v) is 4.93. The number of carbonyl (C=O) groups excluding carboxylic acids is 2. The first-order valence-electron chi connectivity index (χ1n) is 6.13. The van der Waals surface area contributed by atoms with Gasteiger partial charge in [-0.2, -0.15) is 0 Å². The summed E-state index contributed by atoms with van der Waals surface area (Å²) in [6.45, 7) is 0.865. The molecular weight excluding hydrogens is 238 g/mol. The molecule has 2 fully saturated rings. The average Bonchev–Trinajstić information content (AvgIpc) is 2.61. The number of nitrogens with zero attached hydrogens (tertiary/aromatic N) is 1. The zero-order valence-electron chi connectivity index (χ0n) is 10.8. The number of methoxy groups -OCH3 is 1. The summed E-state index contributed by atoms with van der Waals surface area (Å²) in [6.07, 6.45) is 1.93. The third kappa shape index (κ3) is 2.35. The molecule has 0 unspecified atom stereocenters. The van der Waals surface area contributed by atoms with Crippen molar-refractivity contribution < 1.29 is 23.8 Å². The Hall–Kier alpha value is -1.14. The Bertz CT molecular complexity index is 334. The largest absolute Gasteiger partial charge is 0.438 e. The Morgan fingerprint density at radius 2 is 2.39 bits per heavy atom. The van der Waals surface area contributed by atoms with Crippen LogP contribution in [0.25, 0.3) is 0 Å². The van der Waals surface area contributed by atoms with Gasteiger partial charge in [0, 0.05) is 20.6 Å². The van der Waals surface area contributed by atoms with Crippen LogP contribution >= 0.6 is 0 Å². The molecule has 2 aliphatic heterocycles. The maximum absolute atomic E-state index is 11.6. The molecule has 0 aliphatic carbocycles. The monoisotopic (exact) mass is 257 g/mol. The minimum atomic E-state index is -0.624. The van der Waals surface area contributed by atoms with Crippen LogP contribution in [0.2, 0.25) is 0 Å². The van der Waals surface area contributed by atoms with Gasteiger partial charge in [-0.1, -0.05) is 0 Å². The van der Waals surface area contributed by atoms with Gasteiger partial charge in [0.1, 0.15) is 12.4 Å². The molecule has 2 rings (SSSR count). The van der Waals surface area contributed by atoms with E-state index in [9.17, 15) is 9.59 Å². The zero-order valence-corrected chi connectivity index (χ0v) is 10.8. The summed E-state index contributed by atoms with van der Waals surface area (Å²) in [6, 6.07) is 0. The normalized spacial score (nSPS) is 35.9. The van der Waals surface area contributed by atoms with Crippen molar-refractivity contribution >= 4 is 12.4 Å². The van der Waals surface area contributed by atoms with Crippen molar-refractivity contribution in [1.29, 1.82) is 0 Å². The summed E-state index contributed by atoms with van der Waals surface area (Å²) < 4.78 is 16.5. The number of rotatable bonds is 4. The third-order valence-electron chi connectivity index (χ3n) is 3.62. The Morgan fingerprint density at radius 3 is 2.94 bits per heavy atom. The highest BCUT2D eigenvalue weighted by molar-refractivity contribution is 5.70. The van der Waals surface area contributed by atoms with Gasteiger partial charge < -0.3 is 23.9 Å². The smallest absolute Gasteiger partial charge is 0.410 e. The lowest BCUT2D eigenvalue weighted by atomic mass is 9.86. The van der Waals surface area contributed by atoms with Crippen LogP contribution in [-0.4, -0.2) is 62.4 Å². The molecule has 6 nitrogen and oxygen atoms in total. The van der Waals surface area contributed by atoms with Crippen molar-refractivity contribution in [2.45, 2.75) is 37.1 Å². The minimum absolute atomic E-state index is 0.0992. The van der Waals surface area contributed by atoms with E-state index in [4.69, 9.17) is 14.2 Å². The lowest BCUT2D eigenvalue weighted by Gasteiger charge is -2.41. The summed E-state index contributed by atoms with van der Waals surface area (Å²) in [5.74, 6) is 0. The molecule has 102 valence electrons. The predicted molar refractivity (Wildman–Crippen MR) is 62.3 cm³/mol. The summed E-state index contributed by atoms with van der Waals surface area (Å²) in [5, 5.41) is 0. The fourth-order valence-corrected chi connectivity index (χ4v) is 2.66. The van der Waals surface area contributed by atoms with E-state index in [0.717, 1.165) is 12.7 Å². The lowest BCUT2D eigenvalue weighted by molar-refractivity contribution is -0.178. The molecule has 0 N–H and O–H groups in total. The van der Waals surface area contributed by atoms with E-state index in [1.165, 1.54) is 0 Å². The molecule has 0 aromatic heterocycles. The molecule has 0 aromatic carbocycles. The summed E-state index contributed by atoms with van der Waals surface area (Å²) in [7, 11) is 3.29. The van der Waals surface area contributed by atoms with Gasteiger partial charge in [0.15, 0.2) is 5.60 Å². The Balaban J connectivity index is 2.10. The minimum Gasteiger partial charge on any atom is -0.438 e. The van der Waals surface area contributed by atoms with Crippen LogP contribution in [0.4, 0.5) is 4.79 Å². The van der Waals surface area contributed by atoms with Crippen LogP contribution in [0.5, 0.6) is 0 Å². The maximum atomic E-state index is 11.6. The van der Waals surface area contributed by atoms with Gasteiger partial charge >= 0.3 is 6.09 Å². The van der Waals surface area contributed by atoms with Gasteiger partial charge in [0.2, 0.25) is 0 Å². The zero-order chi connectivity index (χ0) is 13.2. The van der Waals surface area contributed by atoms with Crippen molar-refractivity contribution in [3.63, 3.8) is 0 Å². The van der Waals surface area contributed by atoms with Crippen molar-refractivity contribution in [3.05, 3.63) is 0 Å². The number of likely N-dealkylation sites (N-methyl/N-ethyl adjacent to an activating group) is 1. The van der Waals surface area contributed by atoms with Gasteiger partial charge in [-0.3, -0.25) is 0 Å². The molecular formula is C12H19NO5. The topological polar surface area (TPSA) is 65.1 Å². The van der Waals surface area contributed by atoms with Gasteiger partial charge in [-0.15, -0.1) is 0 Å². The SMILES string of the molecule is COC[C@H]1O[C@H](CC=O)CC[C@@]12CN(C)C(=O)O2.